The Bertz CT molecular complexity index is 1430. The molecule has 2 heterocycles. The fourth-order valence-corrected chi connectivity index (χ4v) is 4.61. The molecular weight excluding hydrogens is 527 g/mol. The van der Waals surface area contributed by atoms with Gasteiger partial charge in [-0.3, -0.25) is 14.6 Å². The number of aliphatic carboxylic acids is 1. The van der Waals surface area contributed by atoms with Crippen LogP contribution >= 0.6 is 0 Å². The summed E-state index contributed by atoms with van der Waals surface area (Å²) in [6, 6.07) is 13.5. The number of aryl methyl sites for hydroxylation is 1. The second-order valence-electron chi connectivity index (χ2n) is 9.81. The number of ether oxygens (including phenoxy) is 1. The van der Waals surface area contributed by atoms with Crippen molar-refractivity contribution in [2.24, 2.45) is 10.9 Å². The van der Waals surface area contributed by atoms with Crippen molar-refractivity contribution < 1.29 is 37.8 Å². The number of hydrogen-bond donors (Lipinski definition) is 2. The first-order chi connectivity index (χ1) is 19.0. The van der Waals surface area contributed by atoms with Crippen LogP contribution < -0.4 is 10.2 Å². The fraction of sp³-hybridized carbons (Fsp3) is 0.345. The average molecular weight is 558 g/mol. The third-order valence-corrected chi connectivity index (χ3v) is 6.66. The largest absolute Gasteiger partial charge is 0.494 e. The van der Waals surface area contributed by atoms with Crippen molar-refractivity contribution in [3.05, 3.63) is 94.1 Å². The monoisotopic (exact) mass is 557 g/mol. The van der Waals surface area contributed by atoms with E-state index in [1.54, 1.807) is 18.2 Å². The van der Waals surface area contributed by atoms with E-state index in [1.165, 1.54) is 23.2 Å². The summed E-state index contributed by atoms with van der Waals surface area (Å²) >= 11 is 0. The first kappa shape index (κ1) is 28.7. The number of carboxylic acid groups (broad SMARTS) is 1. The molecule has 2 N–H and O–H groups in total. The SMILES string of the molecule is Cc1ccn(O)c(=NCCCOc2ccc3c(c2)CN(Cc2ccc(C(F)(F)F)cc2)C(=O)C(CC(=O)O)C3)c1. The zero-order valence-electron chi connectivity index (χ0n) is 21.9. The molecule has 0 saturated heterocycles. The van der Waals surface area contributed by atoms with Crippen molar-refractivity contribution in [3.63, 3.8) is 0 Å². The zero-order chi connectivity index (χ0) is 28.9. The normalized spacial score (nSPS) is 16.0. The average Bonchev–Trinajstić information content (AvgIpc) is 3.01. The van der Waals surface area contributed by atoms with Crippen LogP contribution in [0.2, 0.25) is 0 Å². The number of halogens is 3. The predicted molar refractivity (Wildman–Crippen MR) is 138 cm³/mol. The van der Waals surface area contributed by atoms with Crippen molar-refractivity contribution in [3.8, 4) is 5.75 Å². The second-order valence-corrected chi connectivity index (χ2v) is 9.81. The topological polar surface area (TPSA) is 104 Å². The Kier molecular flexibility index (Phi) is 8.81. The van der Waals surface area contributed by atoms with Crippen molar-refractivity contribution in [2.75, 3.05) is 13.2 Å². The lowest BCUT2D eigenvalue weighted by Gasteiger charge is -2.24. The summed E-state index contributed by atoms with van der Waals surface area (Å²) < 4.78 is 45.7. The Morgan fingerprint density at radius 3 is 2.55 bits per heavy atom. The molecule has 212 valence electrons. The van der Waals surface area contributed by atoms with Gasteiger partial charge in [0, 0.05) is 32.3 Å². The summed E-state index contributed by atoms with van der Waals surface area (Å²) in [7, 11) is 0. The molecule has 3 aromatic rings. The van der Waals surface area contributed by atoms with Gasteiger partial charge in [0.1, 0.15) is 5.75 Å². The minimum absolute atomic E-state index is 0.0446. The van der Waals surface area contributed by atoms with E-state index in [1.807, 2.05) is 19.1 Å². The van der Waals surface area contributed by atoms with E-state index in [0.717, 1.165) is 33.6 Å². The van der Waals surface area contributed by atoms with E-state index in [2.05, 4.69) is 4.99 Å². The quantitative estimate of drug-likeness (QED) is 0.296. The predicted octanol–water partition coefficient (Wildman–Crippen LogP) is 4.60. The summed E-state index contributed by atoms with van der Waals surface area (Å²) in [5.74, 6) is -1.68. The molecule has 1 unspecified atom stereocenters. The fourth-order valence-electron chi connectivity index (χ4n) is 4.61. The molecule has 1 aliphatic heterocycles. The van der Waals surface area contributed by atoms with E-state index in [4.69, 9.17) is 4.74 Å². The van der Waals surface area contributed by atoms with Gasteiger partial charge in [-0.25, -0.2) is 0 Å². The van der Waals surface area contributed by atoms with Gasteiger partial charge >= 0.3 is 12.1 Å². The number of nitrogens with zero attached hydrogens (tertiary/aromatic N) is 3. The Labute approximate surface area is 228 Å². The number of pyridine rings is 1. The first-order valence-electron chi connectivity index (χ1n) is 12.8. The standard InChI is InChI=1S/C29H30F3N3O5/c1-19-9-11-35(39)26(13-19)33-10-2-12-40-25-8-5-21-14-22(16-27(36)37)28(38)34(18-23(21)15-25)17-20-3-6-24(7-4-20)29(30,31)32/h3-9,11,13,15,22,39H,2,10,12,14,16-18H2,1H3,(H,36,37). The van der Waals surface area contributed by atoms with Gasteiger partial charge in [-0.15, -0.1) is 0 Å². The summed E-state index contributed by atoms with van der Waals surface area (Å²) in [5, 5.41) is 19.2. The highest BCUT2D eigenvalue weighted by atomic mass is 19.4. The molecule has 0 bridgehead atoms. The van der Waals surface area contributed by atoms with Crippen LogP contribution in [0.3, 0.4) is 0 Å². The molecule has 0 aliphatic carbocycles. The minimum Gasteiger partial charge on any atom is -0.494 e. The number of carboxylic acids is 1. The summed E-state index contributed by atoms with van der Waals surface area (Å²) in [4.78, 5) is 30.6. The highest BCUT2D eigenvalue weighted by Gasteiger charge is 2.32. The molecule has 1 aliphatic rings. The Hall–Kier alpha value is -4.28. The molecule has 40 heavy (non-hydrogen) atoms. The molecule has 1 aromatic heterocycles. The lowest BCUT2D eigenvalue weighted by molar-refractivity contribution is -0.144. The molecule has 11 heteroatoms. The van der Waals surface area contributed by atoms with Crippen molar-refractivity contribution in [1.29, 1.82) is 0 Å². The number of alkyl halides is 3. The number of carbonyl (C=O) groups is 2. The minimum atomic E-state index is -4.46. The molecule has 1 atom stereocenters. The van der Waals surface area contributed by atoms with Crippen LogP contribution in [0.1, 0.15) is 40.7 Å². The van der Waals surface area contributed by atoms with Gasteiger partial charge in [0.2, 0.25) is 5.91 Å². The molecule has 0 spiro atoms. The molecule has 0 fully saturated rings. The van der Waals surface area contributed by atoms with Gasteiger partial charge in [-0.2, -0.15) is 17.9 Å². The number of aromatic nitrogens is 1. The third kappa shape index (κ3) is 7.43. The van der Waals surface area contributed by atoms with Gasteiger partial charge in [0.15, 0.2) is 5.49 Å². The molecule has 2 aromatic carbocycles. The Morgan fingerprint density at radius 1 is 1.10 bits per heavy atom. The summed E-state index contributed by atoms with van der Waals surface area (Å²) in [6.07, 6.45) is -2.47. The van der Waals surface area contributed by atoms with Crippen molar-refractivity contribution in [2.45, 2.75) is 45.5 Å². The van der Waals surface area contributed by atoms with Crippen LogP contribution in [0.25, 0.3) is 0 Å². The van der Waals surface area contributed by atoms with Crippen LogP contribution in [-0.2, 0) is 35.3 Å². The molecular formula is C29H30F3N3O5. The molecule has 4 rings (SSSR count). The molecule has 8 nitrogen and oxygen atoms in total. The van der Waals surface area contributed by atoms with Crippen LogP contribution in [0.5, 0.6) is 5.75 Å². The maximum atomic E-state index is 13.3. The van der Waals surface area contributed by atoms with Crippen LogP contribution in [0, 0.1) is 12.8 Å². The molecule has 1 amide bonds. The van der Waals surface area contributed by atoms with E-state index in [-0.39, 0.29) is 31.8 Å². The van der Waals surface area contributed by atoms with E-state index < -0.39 is 23.6 Å². The summed E-state index contributed by atoms with van der Waals surface area (Å²) in [5.41, 5.74) is 2.75. The van der Waals surface area contributed by atoms with Crippen LogP contribution in [-0.4, -0.2) is 45.0 Å². The Balaban J connectivity index is 1.47. The lowest BCUT2D eigenvalue weighted by atomic mass is 9.94. The molecule has 0 saturated carbocycles. The number of benzene rings is 2. The number of fused-ring (bicyclic) bond motifs is 1. The van der Waals surface area contributed by atoms with Gasteiger partial charge < -0.3 is 20.0 Å². The lowest BCUT2D eigenvalue weighted by Crippen LogP contribution is -2.35. The third-order valence-electron chi connectivity index (χ3n) is 6.66. The summed E-state index contributed by atoms with van der Waals surface area (Å²) in [6.45, 7) is 2.91. The number of rotatable bonds is 9. The van der Waals surface area contributed by atoms with Gasteiger partial charge in [0.25, 0.3) is 0 Å². The van der Waals surface area contributed by atoms with Crippen LogP contribution in [0.15, 0.2) is 65.8 Å². The number of hydrogen-bond acceptors (Lipinski definition) is 5. The highest BCUT2D eigenvalue weighted by Crippen LogP contribution is 2.31. The van der Waals surface area contributed by atoms with Gasteiger partial charge in [-0.1, -0.05) is 18.2 Å². The highest BCUT2D eigenvalue weighted by molar-refractivity contribution is 5.84. The first-order valence-corrected chi connectivity index (χ1v) is 12.8. The van der Waals surface area contributed by atoms with E-state index >= 15 is 0 Å². The maximum Gasteiger partial charge on any atom is 0.416 e. The second kappa shape index (κ2) is 12.3. The maximum absolute atomic E-state index is 13.3. The number of carbonyl (C=O) groups excluding carboxylic acids is 1. The smallest absolute Gasteiger partial charge is 0.416 e. The number of amides is 1. The van der Waals surface area contributed by atoms with Crippen molar-refractivity contribution in [1.82, 2.24) is 9.63 Å². The van der Waals surface area contributed by atoms with Crippen LogP contribution in [0.4, 0.5) is 13.2 Å². The van der Waals surface area contributed by atoms with E-state index in [9.17, 15) is 33.1 Å². The van der Waals surface area contributed by atoms with Gasteiger partial charge in [0.05, 0.1) is 24.5 Å². The van der Waals surface area contributed by atoms with Gasteiger partial charge in [-0.05, 0) is 72.0 Å². The zero-order valence-corrected chi connectivity index (χ0v) is 21.9. The Morgan fingerprint density at radius 2 is 1.85 bits per heavy atom. The van der Waals surface area contributed by atoms with E-state index in [0.29, 0.717) is 36.4 Å². The van der Waals surface area contributed by atoms with Crippen molar-refractivity contribution >= 4 is 11.9 Å². The molecule has 0 radical (unpaired) electrons.